The highest BCUT2D eigenvalue weighted by atomic mass is 16.5. The number of rotatable bonds is 6. The first-order valence-electron chi connectivity index (χ1n) is 9.93. The van der Waals surface area contributed by atoms with Crippen LogP contribution in [0.15, 0.2) is 29.9 Å². The number of amides is 1. The van der Waals surface area contributed by atoms with Gasteiger partial charge in [0.05, 0.1) is 24.6 Å². The maximum atomic E-state index is 12.0. The number of carbonyl (C=O) groups excluding carboxylic acids is 1. The fraction of sp³-hybridized carbons (Fsp3) is 0.350. The Hall–Kier alpha value is -3.33. The summed E-state index contributed by atoms with van der Waals surface area (Å²) in [7, 11) is -1.10. The van der Waals surface area contributed by atoms with E-state index in [0.29, 0.717) is 42.1 Å². The maximum absolute atomic E-state index is 12.0. The van der Waals surface area contributed by atoms with E-state index in [1.165, 1.54) is 6.20 Å². The van der Waals surface area contributed by atoms with Crippen LogP contribution in [-0.4, -0.2) is 52.8 Å². The number of aliphatic hydroxyl groups excluding tert-OH is 1. The Morgan fingerprint density at radius 2 is 2.32 bits per heavy atom. The second-order valence-electron chi connectivity index (χ2n) is 7.44. The zero-order valence-corrected chi connectivity index (χ0v) is 16.7. The Morgan fingerprint density at radius 1 is 1.48 bits per heavy atom. The van der Waals surface area contributed by atoms with Gasteiger partial charge in [0, 0.05) is 30.7 Å². The van der Waals surface area contributed by atoms with Gasteiger partial charge >= 0.3 is 7.12 Å². The van der Waals surface area contributed by atoms with Crippen molar-refractivity contribution in [1.82, 2.24) is 9.78 Å². The van der Waals surface area contributed by atoms with Gasteiger partial charge in [-0.15, -0.1) is 0 Å². The molecule has 0 bridgehead atoms. The highest BCUT2D eigenvalue weighted by Gasteiger charge is 2.30. The molecule has 11 heteroatoms. The molecular formula is C20H22BN5O5. The molecule has 160 valence electrons. The van der Waals surface area contributed by atoms with E-state index in [9.17, 15) is 15.1 Å². The average molecular weight is 423 g/mol. The van der Waals surface area contributed by atoms with Crippen LogP contribution in [-0.2, 0) is 4.74 Å². The van der Waals surface area contributed by atoms with Gasteiger partial charge < -0.3 is 30.6 Å². The van der Waals surface area contributed by atoms with Crippen molar-refractivity contribution in [3.8, 4) is 11.8 Å². The molecule has 2 aliphatic rings. The molecule has 31 heavy (non-hydrogen) atoms. The molecule has 3 heterocycles. The number of nitrogens with zero attached hydrogens (tertiary/aromatic N) is 3. The van der Waals surface area contributed by atoms with E-state index in [0.717, 1.165) is 0 Å². The molecule has 1 fully saturated rings. The minimum absolute atomic E-state index is 0.104. The number of nitriles is 1. The van der Waals surface area contributed by atoms with E-state index in [1.54, 1.807) is 29.0 Å². The third-order valence-electron chi connectivity index (χ3n) is 5.40. The number of ether oxygens (including phenoxy) is 1. The van der Waals surface area contributed by atoms with Crippen molar-refractivity contribution in [3.63, 3.8) is 0 Å². The van der Waals surface area contributed by atoms with Crippen LogP contribution in [0.4, 0.5) is 11.5 Å². The van der Waals surface area contributed by atoms with Crippen LogP contribution < -0.4 is 15.7 Å². The van der Waals surface area contributed by atoms with Crippen molar-refractivity contribution < 1.29 is 24.3 Å². The number of nitrogens with two attached hydrogens (primary N) is 1. The molecule has 10 nitrogen and oxygen atoms in total. The standard InChI is InChI=1S/C20H22BN5O5/c22-9-12-4-6-30-11-17(12)26-10-16(19(23)28)20(25-26)24-15-1-2-18-13(8-15)7-14(3-5-27)21(29)31-18/h1-2,7-8,10,12,17,27,29H,3-6,11H2,(H2,23,28)(H,24,25). The lowest BCUT2D eigenvalue weighted by atomic mass is 9.74. The van der Waals surface area contributed by atoms with Crippen molar-refractivity contribution >= 4 is 30.6 Å². The highest BCUT2D eigenvalue weighted by molar-refractivity contribution is 6.54. The summed E-state index contributed by atoms with van der Waals surface area (Å²) in [6.45, 7) is 0.740. The molecular weight excluding hydrogens is 401 g/mol. The molecule has 5 N–H and O–H groups in total. The van der Waals surface area contributed by atoms with E-state index in [4.69, 9.17) is 20.2 Å². The predicted molar refractivity (Wildman–Crippen MR) is 112 cm³/mol. The van der Waals surface area contributed by atoms with Gasteiger partial charge in [-0.05, 0) is 36.5 Å². The van der Waals surface area contributed by atoms with E-state index < -0.39 is 13.0 Å². The predicted octanol–water partition coefficient (Wildman–Crippen LogP) is 1.00. The molecule has 1 saturated heterocycles. The molecule has 4 rings (SSSR count). The molecule has 2 aromatic rings. The van der Waals surface area contributed by atoms with Gasteiger partial charge in [-0.1, -0.05) is 6.08 Å². The van der Waals surface area contributed by atoms with Crippen molar-refractivity contribution in [2.24, 2.45) is 11.7 Å². The van der Waals surface area contributed by atoms with Gasteiger partial charge in [0.2, 0.25) is 0 Å². The highest BCUT2D eigenvalue weighted by Crippen LogP contribution is 2.33. The number of aliphatic hydroxyl groups is 1. The number of aromatic nitrogens is 2. The number of hydrogen-bond acceptors (Lipinski definition) is 8. The SMILES string of the molecule is N#CC1CCOCC1n1cc(C(N)=O)c(Nc2ccc3c(c2)C=C(CCO)B(O)O3)n1. The lowest BCUT2D eigenvalue weighted by Crippen LogP contribution is -2.29. The van der Waals surface area contributed by atoms with Gasteiger partial charge in [-0.3, -0.25) is 9.48 Å². The van der Waals surface area contributed by atoms with Crippen molar-refractivity contribution in [1.29, 1.82) is 5.26 Å². The van der Waals surface area contributed by atoms with Crippen LogP contribution >= 0.6 is 0 Å². The zero-order chi connectivity index (χ0) is 22.0. The summed E-state index contributed by atoms with van der Waals surface area (Å²) in [5.41, 5.74) is 7.65. The van der Waals surface area contributed by atoms with Crippen LogP contribution in [0.5, 0.6) is 5.75 Å². The summed E-state index contributed by atoms with van der Waals surface area (Å²) in [6.07, 6.45) is 4.17. The van der Waals surface area contributed by atoms with E-state index in [-0.39, 0.29) is 36.4 Å². The third-order valence-corrected chi connectivity index (χ3v) is 5.40. The lowest BCUT2D eigenvalue weighted by molar-refractivity contribution is 0.0342. The number of fused-ring (bicyclic) bond motifs is 1. The second-order valence-corrected chi connectivity index (χ2v) is 7.44. The number of carbonyl (C=O) groups is 1. The van der Waals surface area contributed by atoms with Crippen molar-refractivity contribution in [2.75, 3.05) is 25.1 Å². The normalized spacial score (nSPS) is 20.3. The van der Waals surface area contributed by atoms with Crippen molar-refractivity contribution in [3.05, 3.63) is 41.0 Å². The lowest BCUT2D eigenvalue weighted by Gasteiger charge is -2.26. The van der Waals surface area contributed by atoms with E-state index >= 15 is 0 Å². The van der Waals surface area contributed by atoms with E-state index in [2.05, 4.69) is 16.5 Å². The Bertz CT molecular complexity index is 1060. The summed E-state index contributed by atoms with van der Waals surface area (Å²) in [6, 6.07) is 7.16. The molecule has 1 amide bonds. The molecule has 1 aromatic carbocycles. The molecule has 1 aromatic heterocycles. The van der Waals surface area contributed by atoms with Crippen LogP contribution in [0.2, 0.25) is 0 Å². The molecule has 0 spiro atoms. The first-order chi connectivity index (χ1) is 15.0. The largest absolute Gasteiger partial charge is 0.555 e. The molecule has 0 saturated carbocycles. The van der Waals surface area contributed by atoms with Gasteiger partial charge in [-0.2, -0.15) is 10.4 Å². The third kappa shape index (κ3) is 4.27. The first kappa shape index (κ1) is 20.9. The van der Waals surface area contributed by atoms with Gasteiger partial charge in [0.25, 0.3) is 5.91 Å². The van der Waals surface area contributed by atoms with Gasteiger partial charge in [0.15, 0.2) is 5.82 Å². The smallest absolute Gasteiger partial charge is 0.532 e. The number of benzene rings is 1. The Balaban J connectivity index is 1.63. The Labute approximate surface area is 179 Å². The summed E-state index contributed by atoms with van der Waals surface area (Å²) in [4.78, 5) is 12.0. The average Bonchev–Trinajstić information content (AvgIpc) is 3.18. The topological polar surface area (TPSA) is 156 Å². The van der Waals surface area contributed by atoms with Gasteiger partial charge in [-0.25, -0.2) is 0 Å². The molecule has 2 unspecified atom stereocenters. The summed E-state index contributed by atoms with van der Waals surface area (Å²) in [5, 5.41) is 36.2. The minimum atomic E-state index is -1.10. The van der Waals surface area contributed by atoms with Gasteiger partial charge in [0.1, 0.15) is 11.3 Å². The van der Waals surface area contributed by atoms with Crippen LogP contribution in [0.1, 0.15) is 34.8 Å². The summed E-state index contributed by atoms with van der Waals surface area (Å²) < 4.78 is 12.5. The molecule has 0 aliphatic carbocycles. The summed E-state index contributed by atoms with van der Waals surface area (Å²) in [5.74, 6) is -0.152. The molecule has 2 atom stereocenters. The van der Waals surface area contributed by atoms with Crippen LogP contribution in [0.25, 0.3) is 6.08 Å². The first-order valence-corrected chi connectivity index (χ1v) is 9.93. The fourth-order valence-corrected chi connectivity index (χ4v) is 3.74. The Morgan fingerprint density at radius 3 is 3.06 bits per heavy atom. The number of nitrogens with one attached hydrogen (secondary N) is 1. The van der Waals surface area contributed by atoms with Crippen LogP contribution in [0, 0.1) is 17.2 Å². The monoisotopic (exact) mass is 423 g/mol. The number of primary amides is 1. The van der Waals surface area contributed by atoms with E-state index in [1.807, 2.05) is 0 Å². The van der Waals surface area contributed by atoms with Crippen molar-refractivity contribution in [2.45, 2.75) is 18.9 Å². The maximum Gasteiger partial charge on any atom is 0.555 e. The Kier molecular flexibility index (Phi) is 5.95. The zero-order valence-electron chi connectivity index (χ0n) is 16.7. The second kappa shape index (κ2) is 8.81. The summed E-state index contributed by atoms with van der Waals surface area (Å²) >= 11 is 0. The fourth-order valence-electron chi connectivity index (χ4n) is 3.74. The van der Waals surface area contributed by atoms with Crippen LogP contribution in [0.3, 0.4) is 0 Å². The molecule has 0 radical (unpaired) electrons. The number of hydrogen-bond donors (Lipinski definition) is 4. The number of anilines is 2. The quantitative estimate of drug-likeness (QED) is 0.502. The molecule has 2 aliphatic heterocycles. The minimum Gasteiger partial charge on any atom is -0.532 e.